The van der Waals surface area contributed by atoms with E-state index in [0.29, 0.717) is 6.42 Å². The number of hydrogen-bond acceptors (Lipinski definition) is 3. The van der Waals surface area contributed by atoms with E-state index in [1.54, 1.807) is 13.0 Å². The number of aliphatic carboxylic acids is 1. The first-order chi connectivity index (χ1) is 11.0. The Morgan fingerprint density at radius 1 is 1.13 bits per heavy atom. The largest absolute Gasteiger partial charge is 0.481 e. The van der Waals surface area contributed by atoms with E-state index in [2.05, 4.69) is 6.92 Å². The molecule has 3 atom stereocenters. The number of unbranched alkanes of at least 4 members (excludes halogenated alkanes) is 5. The van der Waals surface area contributed by atoms with Gasteiger partial charge >= 0.3 is 5.97 Å². The fourth-order valence-electron chi connectivity index (χ4n) is 2.67. The van der Waals surface area contributed by atoms with Gasteiger partial charge in [0.1, 0.15) is 6.10 Å². The minimum absolute atomic E-state index is 0.136. The summed E-state index contributed by atoms with van der Waals surface area (Å²) in [5.74, 6) is -0.721. The number of ether oxygens (including phenoxy) is 1. The SMILES string of the molecule is CCCCCC(=O)/C=C/C1OC1CCCCCCC(C)C(=O)O. The van der Waals surface area contributed by atoms with Gasteiger partial charge in [0.15, 0.2) is 5.78 Å². The number of epoxide rings is 1. The fourth-order valence-corrected chi connectivity index (χ4v) is 2.67. The van der Waals surface area contributed by atoms with Gasteiger partial charge in [0, 0.05) is 6.42 Å². The van der Waals surface area contributed by atoms with E-state index in [4.69, 9.17) is 9.84 Å². The van der Waals surface area contributed by atoms with Gasteiger partial charge < -0.3 is 9.84 Å². The van der Waals surface area contributed by atoms with Crippen molar-refractivity contribution in [3.8, 4) is 0 Å². The van der Waals surface area contributed by atoms with Crippen LogP contribution in [0, 0.1) is 5.92 Å². The number of carboxylic acids is 1. The third-order valence-electron chi connectivity index (χ3n) is 4.42. The summed E-state index contributed by atoms with van der Waals surface area (Å²) in [5, 5.41) is 8.80. The Morgan fingerprint density at radius 2 is 1.87 bits per heavy atom. The van der Waals surface area contributed by atoms with E-state index in [1.165, 1.54) is 0 Å². The molecule has 0 bridgehead atoms. The van der Waals surface area contributed by atoms with Crippen LogP contribution >= 0.6 is 0 Å². The molecule has 1 N–H and O–H groups in total. The molecule has 1 saturated heterocycles. The van der Waals surface area contributed by atoms with Crippen LogP contribution in [0.4, 0.5) is 0 Å². The highest BCUT2D eigenvalue weighted by molar-refractivity contribution is 5.89. The van der Waals surface area contributed by atoms with Gasteiger partial charge in [-0.15, -0.1) is 0 Å². The predicted molar refractivity (Wildman–Crippen MR) is 91.5 cm³/mol. The first-order valence-electron chi connectivity index (χ1n) is 9.14. The van der Waals surface area contributed by atoms with Gasteiger partial charge in [-0.05, 0) is 31.4 Å². The van der Waals surface area contributed by atoms with Gasteiger partial charge in [-0.3, -0.25) is 9.59 Å². The lowest BCUT2D eigenvalue weighted by molar-refractivity contribution is -0.141. The molecular weight excluding hydrogens is 292 g/mol. The van der Waals surface area contributed by atoms with Crippen LogP contribution in [0.1, 0.15) is 78.1 Å². The lowest BCUT2D eigenvalue weighted by Crippen LogP contribution is -2.08. The number of hydrogen-bond donors (Lipinski definition) is 1. The van der Waals surface area contributed by atoms with Crippen molar-refractivity contribution in [2.24, 2.45) is 5.92 Å². The van der Waals surface area contributed by atoms with E-state index < -0.39 is 5.97 Å². The fraction of sp³-hybridized carbons (Fsp3) is 0.789. The molecule has 0 radical (unpaired) electrons. The summed E-state index contributed by atoms with van der Waals surface area (Å²) >= 11 is 0. The van der Waals surface area contributed by atoms with Gasteiger partial charge in [-0.25, -0.2) is 0 Å². The Kier molecular flexibility index (Phi) is 9.85. The quantitative estimate of drug-likeness (QED) is 0.290. The first-order valence-corrected chi connectivity index (χ1v) is 9.14. The van der Waals surface area contributed by atoms with Crippen LogP contribution in [0.15, 0.2) is 12.2 Å². The van der Waals surface area contributed by atoms with Gasteiger partial charge in [-0.2, -0.15) is 0 Å². The summed E-state index contributed by atoms with van der Waals surface area (Å²) < 4.78 is 5.55. The monoisotopic (exact) mass is 324 g/mol. The molecule has 0 aromatic heterocycles. The van der Waals surface area contributed by atoms with E-state index in [9.17, 15) is 9.59 Å². The maximum atomic E-state index is 11.6. The number of allylic oxidation sites excluding steroid dienone is 1. The van der Waals surface area contributed by atoms with Crippen LogP contribution in [-0.2, 0) is 14.3 Å². The maximum absolute atomic E-state index is 11.6. The molecule has 132 valence electrons. The summed E-state index contributed by atoms with van der Waals surface area (Å²) in [4.78, 5) is 22.3. The summed E-state index contributed by atoms with van der Waals surface area (Å²) in [6.45, 7) is 3.90. The number of rotatable bonds is 14. The van der Waals surface area contributed by atoms with Crippen LogP contribution in [0.3, 0.4) is 0 Å². The molecular formula is C19H32O4. The molecule has 0 aromatic carbocycles. The normalized spacial score (nSPS) is 21.5. The summed E-state index contributed by atoms with van der Waals surface area (Å²) in [6, 6.07) is 0. The molecule has 1 heterocycles. The van der Waals surface area contributed by atoms with E-state index in [-0.39, 0.29) is 23.9 Å². The predicted octanol–water partition coefficient (Wildman–Crippen LogP) is 4.52. The Morgan fingerprint density at radius 3 is 2.57 bits per heavy atom. The molecule has 1 aliphatic rings. The lowest BCUT2D eigenvalue weighted by atomic mass is 10.0. The van der Waals surface area contributed by atoms with Crippen molar-refractivity contribution < 1.29 is 19.4 Å². The molecule has 0 saturated carbocycles. The molecule has 0 amide bonds. The second-order valence-corrected chi connectivity index (χ2v) is 6.65. The van der Waals surface area contributed by atoms with Gasteiger partial charge in [0.2, 0.25) is 0 Å². The summed E-state index contributed by atoms with van der Waals surface area (Å²) in [5.41, 5.74) is 0. The van der Waals surface area contributed by atoms with E-state index >= 15 is 0 Å². The number of carbonyl (C=O) groups excluding carboxylic acids is 1. The van der Waals surface area contributed by atoms with Crippen molar-refractivity contribution >= 4 is 11.8 Å². The van der Waals surface area contributed by atoms with E-state index in [1.807, 2.05) is 6.08 Å². The molecule has 0 spiro atoms. The van der Waals surface area contributed by atoms with Gasteiger partial charge in [-0.1, -0.05) is 52.4 Å². The third kappa shape index (κ3) is 9.54. The molecule has 23 heavy (non-hydrogen) atoms. The average molecular weight is 324 g/mol. The van der Waals surface area contributed by atoms with E-state index in [0.717, 1.165) is 57.8 Å². The zero-order valence-corrected chi connectivity index (χ0v) is 14.6. The zero-order valence-electron chi connectivity index (χ0n) is 14.6. The van der Waals surface area contributed by atoms with Crippen LogP contribution in [0.2, 0.25) is 0 Å². The Balaban J connectivity index is 1.96. The number of carboxylic acid groups (broad SMARTS) is 1. The number of carbonyl (C=O) groups is 2. The smallest absolute Gasteiger partial charge is 0.306 e. The Bertz CT molecular complexity index is 389. The maximum Gasteiger partial charge on any atom is 0.306 e. The zero-order chi connectivity index (χ0) is 17.1. The second kappa shape index (κ2) is 11.4. The third-order valence-corrected chi connectivity index (χ3v) is 4.42. The molecule has 1 aliphatic heterocycles. The van der Waals surface area contributed by atoms with Crippen molar-refractivity contribution in [3.63, 3.8) is 0 Å². The highest BCUT2D eigenvalue weighted by atomic mass is 16.6. The molecule has 0 aliphatic carbocycles. The highest BCUT2D eigenvalue weighted by Crippen LogP contribution is 2.28. The Hall–Kier alpha value is -1.16. The van der Waals surface area contributed by atoms with Crippen molar-refractivity contribution in [1.82, 2.24) is 0 Å². The summed E-state index contributed by atoms with van der Waals surface area (Å²) in [6.07, 6.45) is 14.0. The topological polar surface area (TPSA) is 66.9 Å². The van der Waals surface area contributed by atoms with Gasteiger partial charge in [0.05, 0.1) is 12.0 Å². The molecule has 0 aromatic rings. The van der Waals surface area contributed by atoms with Crippen molar-refractivity contribution in [2.75, 3.05) is 0 Å². The molecule has 4 heteroatoms. The minimum Gasteiger partial charge on any atom is -0.481 e. The Labute approximate surface area is 140 Å². The average Bonchev–Trinajstić information content (AvgIpc) is 3.27. The highest BCUT2D eigenvalue weighted by Gasteiger charge is 2.35. The van der Waals surface area contributed by atoms with Crippen molar-refractivity contribution in [2.45, 2.75) is 90.3 Å². The molecule has 4 nitrogen and oxygen atoms in total. The molecule has 1 fully saturated rings. The molecule has 3 unspecified atom stereocenters. The second-order valence-electron chi connectivity index (χ2n) is 6.65. The van der Waals surface area contributed by atoms with Crippen molar-refractivity contribution in [3.05, 3.63) is 12.2 Å². The lowest BCUT2D eigenvalue weighted by Gasteiger charge is -2.04. The van der Waals surface area contributed by atoms with Gasteiger partial charge in [0.25, 0.3) is 0 Å². The van der Waals surface area contributed by atoms with Crippen LogP contribution in [0.25, 0.3) is 0 Å². The van der Waals surface area contributed by atoms with Crippen LogP contribution in [0.5, 0.6) is 0 Å². The standard InChI is InChI=1S/C19H32O4/c1-3-4-7-11-16(20)13-14-18-17(23-18)12-9-6-5-8-10-15(2)19(21)22/h13-15,17-18H,3-12H2,1-2H3,(H,21,22)/b14-13+. The number of ketones is 1. The van der Waals surface area contributed by atoms with Crippen molar-refractivity contribution in [1.29, 1.82) is 0 Å². The minimum atomic E-state index is -0.699. The first kappa shape index (κ1) is 19.9. The molecule has 1 rings (SSSR count). The van der Waals surface area contributed by atoms with Crippen LogP contribution < -0.4 is 0 Å². The van der Waals surface area contributed by atoms with Crippen LogP contribution in [-0.4, -0.2) is 29.1 Å². The summed E-state index contributed by atoms with van der Waals surface area (Å²) in [7, 11) is 0.